The van der Waals surface area contributed by atoms with Crippen molar-refractivity contribution in [3.63, 3.8) is 0 Å². The molecule has 250 valence electrons. The summed E-state index contributed by atoms with van der Waals surface area (Å²) in [4.78, 5) is 34.5. The van der Waals surface area contributed by atoms with Crippen molar-refractivity contribution >= 4 is 34.6 Å². The Bertz CT molecular complexity index is 1580. The monoisotopic (exact) mass is 648 g/mol. The number of amides is 1. The number of nitrogens with zero attached hydrogens (tertiary/aromatic N) is 6. The van der Waals surface area contributed by atoms with Gasteiger partial charge < -0.3 is 25.2 Å². The number of likely N-dealkylation sites (N-methyl/N-ethyl adjacent to an activating group) is 1. The highest BCUT2D eigenvalue weighted by molar-refractivity contribution is 6.02. The van der Waals surface area contributed by atoms with Crippen molar-refractivity contribution < 1.29 is 23.1 Å². The van der Waals surface area contributed by atoms with Crippen LogP contribution in [-0.2, 0) is 9.63 Å². The molecule has 6 rings (SSSR count). The third kappa shape index (κ3) is 7.32. The number of nitrogens with one attached hydrogen (secondary N) is 2. The number of ether oxygens (including phenoxy) is 1. The van der Waals surface area contributed by atoms with E-state index in [0.717, 1.165) is 70.4 Å². The van der Waals surface area contributed by atoms with E-state index in [9.17, 15) is 13.6 Å². The standard InChI is InChI=1S/C34H42F2N8O3/c1-4-34(45)40-27-19-28(31(46-3)20-30(27)43-11-8-24(9-12-43)42-15-13-41(5-2)14-16-42)39-32-21-33(38-22-37-32)44-29(10-17-47-44)25-7-6-23(35)18-26(25)36/h4,6-7,18-22,24,29H,1,5,8-17H2,2-3H3,(H,40,45)(H,37,38,39)/t29-/m1/s1. The molecule has 3 aliphatic rings. The van der Waals surface area contributed by atoms with Gasteiger partial charge in [0.15, 0.2) is 5.82 Å². The van der Waals surface area contributed by atoms with Crippen molar-refractivity contribution in [3.05, 3.63) is 72.6 Å². The van der Waals surface area contributed by atoms with E-state index in [0.29, 0.717) is 53.4 Å². The molecule has 3 saturated heterocycles. The van der Waals surface area contributed by atoms with Crippen LogP contribution in [0.4, 0.5) is 37.5 Å². The van der Waals surface area contributed by atoms with Gasteiger partial charge in [-0.25, -0.2) is 23.8 Å². The summed E-state index contributed by atoms with van der Waals surface area (Å²) in [5.74, 6) is -0.197. The molecule has 11 nitrogen and oxygen atoms in total. The van der Waals surface area contributed by atoms with Gasteiger partial charge in [-0.3, -0.25) is 14.5 Å². The summed E-state index contributed by atoms with van der Waals surface area (Å²) in [7, 11) is 1.60. The first-order chi connectivity index (χ1) is 22.9. The average Bonchev–Trinajstić information content (AvgIpc) is 3.58. The zero-order valence-electron chi connectivity index (χ0n) is 26.9. The Labute approximate surface area is 274 Å². The van der Waals surface area contributed by atoms with Gasteiger partial charge in [0.05, 0.1) is 36.8 Å². The summed E-state index contributed by atoms with van der Waals surface area (Å²) >= 11 is 0. The van der Waals surface area contributed by atoms with Gasteiger partial charge in [0.2, 0.25) is 5.91 Å². The van der Waals surface area contributed by atoms with E-state index in [1.807, 2.05) is 12.1 Å². The predicted octanol–water partition coefficient (Wildman–Crippen LogP) is 5.12. The highest BCUT2D eigenvalue weighted by Crippen LogP contribution is 2.41. The Kier molecular flexibility index (Phi) is 10.1. The minimum Gasteiger partial charge on any atom is -0.494 e. The molecule has 0 radical (unpaired) electrons. The van der Waals surface area contributed by atoms with Crippen molar-refractivity contribution in [3.8, 4) is 5.75 Å². The molecule has 13 heteroatoms. The van der Waals surface area contributed by atoms with Gasteiger partial charge in [0.25, 0.3) is 0 Å². The van der Waals surface area contributed by atoms with Crippen molar-refractivity contribution in [2.45, 2.75) is 38.3 Å². The second-order valence-corrected chi connectivity index (χ2v) is 12.0. The number of halogens is 2. The molecule has 1 atom stereocenters. The van der Waals surface area contributed by atoms with Gasteiger partial charge in [-0.1, -0.05) is 19.6 Å². The van der Waals surface area contributed by atoms with Crippen LogP contribution < -0.4 is 25.3 Å². The summed E-state index contributed by atoms with van der Waals surface area (Å²) in [6.45, 7) is 13.4. The van der Waals surface area contributed by atoms with E-state index in [-0.39, 0.29) is 5.91 Å². The Morgan fingerprint density at radius 3 is 2.53 bits per heavy atom. The van der Waals surface area contributed by atoms with E-state index >= 15 is 0 Å². The topological polar surface area (TPSA) is 98.3 Å². The van der Waals surface area contributed by atoms with Crippen LogP contribution in [0, 0.1) is 11.6 Å². The second kappa shape index (κ2) is 14.6. The first-order valence-corrected chi connectivity index (χ1v) is 16.2. The van der Waals surface area contributed by atoms with E-state index in [1.54, 1.807) is 13.2 Å². The van der Waals surface area contributed by atoms with Crippen molar-refractivity contribution in [1.29, 1.82) is 0 Å². The van der Waals surface area contributed by atoms with Gasteiger partial charge in [-0.2, -0.15) is 0 Å². The molecule has 2 N–H and O–H groups in total. The number of anilines is 5. The number of hydrogen-bond donors (Lipinski definition) is 2. The van der Waals surface area contributed by atoms with Gasteiger partial charge >= 0.3 is 0 Å². The number of benzene rings is 2. The summed E-state index contributed by atoms with van der Waals surface area (Å²) in [6.07, 6.45) is 5.20. The molecular formula is C34H42F2N8O3. The highest BCUT2D eigenvalue weighted by atomic mass is 19.1. The number of piperidine rings is 1. The molecule has 3 aliphatic heterocycles. The number of rotatable bonds is 10. The number of piperazine rings is 1. The molecule has 0 spiro atoms. The lowest BCUT2D eigenvalue weighted by atomic mass is 10.0. The Balaban J connectivity index is 1.21. The number of hydroxylamine groups is 1. The van der Waals surface area contributed by atoms with Crippen LogP contribution in [0.2, 0.25) is 0 Å². The number of methoxy groups -OCH3 is 1. The average molecular weight is 649 g/mol. The fourth-order valence-electron chi connectivity index (χ4n) is 6.72. The third-order valence-electron chi connectivity index (χ3n) is 9.30. The number of carbonyl (C=O) groups excluding carboxylic acids is 1. The van der Waals surface area contributed by atoms with E-state index < -0.39 is 17.7 Å². The first-order valence-electron chi connectivity index (χ1n) is 16.2. The zero-order chi connectivity index (χ0) is 32.9. The molecule has 0 saturated carbocycles. The molecule has 4 heterocycles. The summed E-state index contributed by atoms with van der Waals surface area (Å²) in [5, 5.41) is 7.79. The second-order valence-electron chi connectivity index (χ2n) is 12.0. The highest BCUT2D eigenvalue weighted by Gasteiger charge is 2.32. The largest absolute Gasteiger partial charge is 0.494 e. The van der Waals surface area contributed by atoms with Gasteiger partial charge in [-0.15, -0.1) is 0 Å². The van der Waals surface area contributed by atoms with E-state index in [1.165, 1.54) is 29.6 Å². The molecule has 0 unspecified atom stereocenters. The Hall–Kier alpha value is -4.33. The summed E-state index contributed by atoms with van der Waals surface area (Å²) < 4.78 is 34.1. The number of carbonyl (C=O) groups is 1. The SMILES string of the molecule is C=CC(=O)Nc1cc(Nc2cc(N3OCC[C@@H]3c3ccc(F)cc3F)ncn2)c(OC)cc1N1CCC(N2CCN(CC)CC2)CC1. The molecule has 47 heavy (non-hydrogen) atoms. The van der Waals surface area contributed by atoms with Gasteiger partial charge in [0.1, 0.15) is 29.5 Å². The molecular weight excluding hydrogens is 606 g/mol. The normalized spacial score (nSPS) is 19.5. The smallest absolute Gasteiger partial charge is 0.247 e. The predicted molar refractivity (Wildman–Crippen MR) is 178 cm³/mol. The minimum atomic E-state index is -0.643. The van der Waals surface area contributed by atoms with Crippen molar-refractivity contribution in [2.24, 2.45) is 0 Å². The number of hydrogen-bond acceptors (Lipinski definition) is 10. The third-order valence-corrected chi connectivity index (χ3v) is 9.30. The number of aromatic nitrogens is 2. The summed E-state index contributed by atoms with van der Waals surface area (Å²) in [5.41, 5.74) is 2.39. The first kappa shape index (κ1) is 32.6. The molecule has 3 fully saturated rings. The fourth-order valence-corrected chi connectivity index (χ4v) is 6.72. The van der Waals surface area contributed by atoms with Crippen LogP contribution in [-0.4, -0.2) is 91.2 Å². The molecule has 2 aromatic carbocycles. The van der Waals surface area contributed by atoms with E-state index in [2.05, 4.69) is 48.8 Å². The van der Waals surface area contributed by atoms with Crippen LogP contribution in [0.25, 0.3) is 0 Å². The molecule has 3 aromatic rings. The molecule has 1 amide bonds. The van der Waals surface area contributed by atoms with Crippen molar-refractivity contribution in [2.75, 3.05) is 80.1 Å². The maximum absolute atomic E-state index is 14.7. The quantitative estimate of drug-likeness (QED) is 0.289. The Morgan fingerprint density at radius 2 is 1.83 bits per heavy atom. The van der Waals surface area contributed by atoms with Crippen LogP contribution >= 0.6 is 0 Å². The molecule has 0 aliphatic carbocycles. The van der Waals surface area contributed by atoms with Crippen LogP contribution in [0.1, 0.15) is 37.8 Å². The van der Waals surface area contributed by atoms with Gasteiger partial charge in [0, 0.05) is 75.5 Å². The maximum atomic E-state index is 14.7. The molecule has 0 bridgehead atoms. The maximum Gasteiger partial charge on any atom is 0.247 e. The van der Waals surface area contributed by atoms with Crippen LogP contribution in [0.5, 0.6) is 5.75 Å². The lowest BCUT2D eigenvalue weighted by Crippen LogP contribution is -2.53. The van der Waals surface area contributed by atoms with E-state index in [4.69, 9.17) is 9.57 Å². The minimum absolute atomic E-state index is 0.319. The van der Waals surface area contributed by atoms with Crippen LogP contribution in [0.3, 0.4) is 0 Å². The fraction of sp³-hybridized carbons (Fsp3) is 0.441. The van der Waals surface area contributed by atoms with Gasteiger partial charge in [-0.05, 0) is 37.6 Å². The van der Waals surface area contributed by atoms with Crippen molar-refractivity contribution in [1.82, 2.24) is 19.8 Å². The lowest BCUT2D eigenvalue weighted by Gasteiger charge is -2.43. The van der Waals surface area contributed by atoms with Crippen LogP contribution in [0.15, 0.2) is 55.4 Å². The summed E-state index contributed by atoms with van der Waals surface area (Å²) in [6, 6.07) is 9.03. The zero-order valence-corrected chi connectivity index (χ0v) is 26.9. The molecule has 1 aromatic heterocycles. The Morgan fingerprint density at radius 1 is 1.04 bits per heavy atom. The lowest BCUT2D eigenvalue weighted by molar-refractivity contribution is -0.111.